The number of nitrogens with zero attached hydrogens (tertiary/aromatic N) is 2. The minimum atomic E-state index is 0.228. The number of morpholine rings is 1. The first kappa shape index (κ1) is 9.36. The van der Waals surface area contributed by atoms with Crippen LogP contribution in [0.3, 0.4) is 0 Å². The molecule has 1 aromatic heterocycles. The average Bonchev–Trinajstić information content (AvgIpc) is 2.29. The Labute approximate surface area is 82.9 Å². The second-order valence-corrected chi connectivity index (χ2v) is 3.19. The molecule has 2 N–H and O–H groups in total. The minimum absolute atomic E-state index is 0.228. The van der Waals surface area contributed by atoms with Gasteiger partial charge in [0.05, 0.1) is 12.7 Å². The Balaban J connectivity index is 1.76. The van der Waals surface area contributed by atoms with Crippen molar-refractivity contribution in [3.63, 3.8) is 0 Å². The maximum atomic E-state index is 5.53. The van der Waals surface area contributed by atoms with Crippen LogP contribution in [-0.2, 0) is 4.74 Å². The van der Waals surface area contributed by atoms with Gasteiger partial charge in [0.15, 0.2) is 0 Å². The number of nitrogens with one attached hydrogen (secondary N) is 2. The zero-order chi connectivity index (χ0) is 9.64. The summed E-state index contributed by atoms with van der Waals surface area (Å²) in [6, 6.07) is 3.75. The van der Waals surface area contributed by atoms with Crippen LogP contribution in [0.25, 0.3) is 0 Å². The summed E-state index contributed by atoms with van der Waals surface area (Å²) in [4.78, 5) is 0. The van der Waals surface area contributed by atoms with E-state index in [-0.39, 0.29) is 6.10 Å². The zero-order valence-corrected chi connectivity index (χ0v) is 7.94. The van der Waals surface area contributed by atoms with Crippen molar-refractivity contribution >= 4 is 5.82 Å². The highest BCUT2D eigenvalue weighted by molar-refractivity contribution is 5.31. The molecule has 5 nitrogen and oxygen atoms in total. The molecule has 0 saturated carbocycles. The molecule has 1 aliphatic heterocycles. The van der Waals surface area contributed by atoms with E-state index < -0.39 is 0 Å². The highest BCUT2D eigenvalue weighted by Gasteiger charge is 2.12. The van der Waals surface area contributed by atoms with Crippen molar-refractivity contribution in [2.24, 2.45) is 0 Å². The molecular weight excluding hydrogens is 180 g/mol. The van der Waals surface area contributed by atoms with E-state index in [2.05, 4.69) is 20.8 Å². The smallest absolute Gasteiger partial charge is 0.148 e. The Hall–Kier alpha value is -1.20. The standard InChI is InChI=1S/C9H14N4O/c1-2-9(13-12-3-1)11-7-8-6-10-4-5-14-8/h1-3,8,10H,4-7H2,(H,11,13). The molecule has 5 heteroatoms. The van der Waals surface area contributed by atoms with Gasteiger partial charge in [0.25, 0.3) is 0 Å². The van der Waals surface area contributed by atoms with Crippen molar-refractivity contribution in [3.8, 4) is 0 Å². The highest BCUT2D eigenvalue weighted by Crippen LogP contribution is 2.01. The summed E-state index contributed by atoms with van der Waals surface area (Å²) in [5.74, 6) is 0.793. The summed E-state index contributed by atoms with van der Waals surface area (Å²) in [6.07, 6.45) is 1.88. The fraction of sp³-hybridized carbons (Fsp3) is 0.556. The molecule has 0 bridgehead atoms. The lowest BCUT2D eigenvalue weighted by Gasteiger charge is -2.23. The second kappa shape index (κ2) is 4.88. The Bertz CT molecular complexity index is 261. The summed E-state index contributed by atoms with van der Waals surface area (Å²) in [6.45, 7) is 3.40. The number of aromatic nitrogens is 2. The molecule has 2 rings (SSSR count). The fourth-order valence-corrected chi connectivity index (χ4v) is 1.37. The van der Waals surface area contributed by atoms with E-state index in [4.69, 9.17) is 4.74 Å². The fourth-order valence-electron chi connectivity index (χ4n) is 1.37. The first-order valence-corrected chi connectivity index (χ1v) is 4.79. The molecule has 1 fully saturated rings. The van der Waals surface area contributed by atoms with Crippen molar-refractivity contribution in [3.05, 3.63) is 18.3 Å². The summed E-state index contributed by atoms with van der Waals surface area (Å²) >= 11 is 0. The molecule has 0 amide bonds. The molecular formula is C9H14N4O. The zero-order valence-electron chi connectivity index (χ0n) is 7.94. The summed E-state index contributed by atoms with van der Waals surface area (Å²) < 4.78 is 5.53. The van der Waals surface area contributed by atoms with Crippen LogP contribution in [0.4, 0.5) is 5.82 Å². The van der Waals surface area contributed by atoms with Crippen molar-refractivity contribution < 1.29 is 4.74 Å². The first-order chi connectivity index (χ1) is 6.95. The molecule has 0 aliphatic carbocycles. The molecule has 0 radical (unpaired) electrons. The summed E-state index contributed by atoms with van der Waals surface area (Å²) in [5.41, 5.74) is 0. The van der Waals surface area contributed by atoms with Gasteiger partial charge in [-0.05, 0) is 12.1 Å². The maximum absolute atomic E-state index is 5.53. The third kappa shape index (κ3) is 2.65. The lowest BCUT2D eigenvalue weighted by atomic mass is 10.3. The third-order valence-electron chi connectivity index (χ3n) is 2.09. The molecule has 1 atom stereocenters. The Morgan fingerprint density at radius 2 is 2.64 bits per heavy atom. The molecule has 2 heterocycles. The number of anilines is 1. The van der Waals surface area contributed by atoms with Crippen LogP contribution in [0.5, 0.6) is 0 Å². The Kier molecular flexibility index (Phi) is 3.26. The monoisotopic (exact) mass is 194 g/mol. The Morgan fingerprint density at radius 1 is 1.64 bits per heavy atom. The van der Waals surface area contributed by atoms with Crippen LogP contribution in [0.2, 0.25) is 0 Å². The molecule has 1 aromatic rings. The van der Waals surface area contributed by atoms with Gasteiger partial charge in [-0.2, -0.15) is 5.10 Å². The van der Waals surface area contributed by atoms with Crippen LogP contribution in [0.1, 0.15) is 0 Å². The topological polar surface area (TPSA) is 59.1 Å². The molecule has 0 spiro atoms. The molecule has 1 unspecified atom stereocenters. The number of rotatable bonds is 3. The number of hydrogen-bond donors (Lipinski definition) is 2. The highest BCUT2D eigenvalue weighted by atomic mass is 16.5. The number of hydrogen-bond acceptors (Lipinski definition) is 5. The van der Waals surface area contributed by atoms with E-state index in [1.165, 1.54) is 0 Å². The van der Waals surface area contributed by atoms with Gasteiger partial charge in [0, 0.05) is 25.8 Å². The van der Waals surface area contributed by atoms with Gasteiger partial charge in [-0.25, -0.2) is 0 Å². The number of ether oxygens (including phenoxy) is 1. The predicted molar refractivity (Wildman–Crippen MR) is 53.1 cm³/mol. The minimum Gasteiger partial charge on any atom is -0.374 e. The lowest BCUT2D eigenvalue weighted by Crippen LogP contribution is -2.42. The van der Waals surface area contributed by atoms with Crippen LogP contribution < -0.4 is 10.6 Å². The van der Waals surface area contributed by atoms with Gasteiger partial charge in [-0.1, -0.05) is 0 Å². The van der Waals surface area contributed by atoms with Crippen LogP contribution in [0, 0.1) is 0 Å². The molecule has 14 heavy (non-hydrogen) atoms. The van der Waals surface area contributed by atoms with E-state index in [1.807, 2.05) is 12.1 Å². The quantitative estimate of drug-likeness (QED) is 0.702. The summed E-state index contributed by atoms with van der Waals surface area (Å²) in [7, 11) is 0. The lowest BCUT2D eigenvalue weighted by molar-refractivity contribution is 0.0372. The van der Waals surface area contributed by atoms with E-state index in [9.17, 15) is 0 Å². The predicted octanol–water partition coefficient (Wildman–Crippen LogP) is -0.123. The molecule has 76 valence electrons. The van der Waals surface area contributed by atoms with Crippen molar-refractivity contribution in [1.29, 1.82) is 0 Å². The van der Waals surface area contributed by atoms with E-state index in [0.717, 1.165) is 32.1 Å². The van der Waals surface area contributed by atoms with Gasteiger partial charge in [0.1, 0.15) is 5.82 Å². The Morgan fingerprint density at radius 3 is 3.36 bits per heavy atom. The van der Waals surface area contributed by atoms with Gasteiger partial charge in [0.2, 0.25) is 0 Å². The summed E-state index contributed by atoms with van der Waals surface area (Å²) in [5, 5.41) is 14.2. The van der Waals surface area contributed by atoms with E-state index in [0.29, 0.717) is 0 Å². The van der Waals surface area contributed by atoms with Crippen LogP contribution in [-0.4, -0.2) is 42.5 Å². The molecule has 1 aliphatic rings. The van der Waals surface area contributed by atoms with Gasteiger partial charge >= 0.3 is 0 Å². The first-order valence-electron chi connectivity index (χ1n) is 4.79. The van der Waals surface area contributed by atoms with Gasteiger partial charge in [-0.3, -0.25) is 0 Å². The normalized spacial score (nSPS) is 21.9. The van der Waals surface area contributed by atoms with Crippen LogP contribution >= 0.6 is 0 Å². The largest absolute Gasteiger partial charge is 0.374 e. The van der Waals surface area contributed by atoms with Crippen molar-refractivity contribution in [1.82, 2.24) is 15.5 Å². The SMILES string of the molecule is c1cnnc(NCC2CNCCO2)c1. The molecule has 0 aromatic carbocycles. The van der Waals surface area contributed by atoms with Gasteiger partial charge in [-0.15, -0.1) is 5.10 Å². The van der Waals surface area contributed by atoms with E-state index in [1.54, 1.807) is 6.20 Å². The van der Waals surface area contributed by atoms with Crippen LogP contribution in [0.15, 0.2) is 18.3 Å². The van der Waals surface area contributed by atoms with Gasteiger partial charge < -0.3 is 15.4 Å². The molecule has 1 saturated heterocycles. The van der Waals surface area contributed by atoms with Crippen molar-refractivity contribution in [2.45, 2.75) is 6.10 Å². The second-order valence-electron chi connectivity index (χ2n) is 3.19. The maximum Gasteiger partial charge on any atom is 0.148 e. The third-order valence-corrected chi connectivity index (χ3v) is 2.09. The van der Waals surface area contributed by atoms with Crippen molar-refractivity contribution in [2.75, 3.05) is 31.6 Å². The van der Waals surface area contributed by atoms with E-state index >= 15 is 0 Å². The average molecular weight is 194 g/mol.